The number of fused-ring (bicyclic) bond motifs is 3. The van der Waals surface area contributed by atoms with E-state index in [4.69, 9.17) is 21.8 Å². The van der Waals surface area contributed by atoms with Crippen LogP contribution in [0.1, 0.15) is 0 Å². The van der Waals surface area contributed by atoms with Gasteiger partial charge in [0.15, 0.2) is 17.1 Å². The highest BCUT2D eigenvalue weighted by atomic mass is 35.5. The number of anilines is 2. The molecule has 6 rings (SSSR count). The van der Waals surface area contributed by atoms with Crippen LogP contribution in [0.5, 0.6) is 0 Å². The van der Waals surface area contributed by atoms with Gasteiger partial charge in [0.05, 0.1) is 30.1 Å². The standard InChI is InChI=1S/C22H21ClFN9O/c23-14-3-4-17(16(24)12-14)31-8-5-30(6-9-31)7-10-32-20-15(13-26-32)21-27-19(18-2-1-11-34-18)29-33(21)22(25)28-20/h1-4,11-13H,5-10H2,(H2,25,28). The molecule has 0 radical (unpaired) electrons. The Balaban J connectivity index is 1.17. The van der Waals surface area contributed by atoms with E-state index in [1.54, 1.807) is 36.7 Å². The van der Waals surface area contributed by atoms with Gasteiger partial charge >= 0.3 is 0 Å². The Bertz CT molecular complexity index is 1470. The van der Waals surface area contributed by atoms with Crippen molar-refractivity contribution in [2.75, 3.05) is 43.4 Å². The number of nitrogens with two attached hydrogens (primary N) is 1. The molecule has 0 aliphatic carbocycles. The minimum atomic E-state index is -0.289. The van der Waals surface area contributed by atoms with Crippen molar-refractivity contribution in [3.05, 3.63) is 53.6 Å². The summed E-state index contributed by atoms with van der Waals surface area (Å²) in [6.45, 7) is 4.53. The van der Waals surface area contributed by atoms with Crippen LogP contribution in [-0.4, -0.2) is 67.0 Å². The summed E-state index contributed by atoms with van der Waals surface area (Å²) in [4.78, 5) is 13.5. The lowest BCUT2D eigenvalue weighted by atomic mass is 10.2. The van der Waals surface area contributed by atoms with Gasteiger partial charge < -0.3 is 15.1 Å². The zero-order valence-electron chi connectivity index (χ0n) is 18.1. The fourth-order valence-corrected chi connectivity index (χ4v) is 4.48. The lowest BCUT2D eigenvalue weighted by Gasteiger charge is -2.36. The molecule has 1 aliphatic rings. The minimum Gasteiger partial charge on any atom is -0.461 e. The second kappa shape index (κ2) is 8.26. The summed E-state index contributed by atoms with van der Waals surface area (Å²) >= 11 is 5.88. The fourth-order valence-electron chi connectivity index (χ4n) is 4.32. The quantitative estimate of drug-likeness (QED) is 0.408. The number of nitrogens with zero attached hydrogens (tertiary/aromatic N) is 8. The molecule has 1 aliphatic heterocycles. The van der Waals surface area contributed by atoms with E-state index in [0.29, 0.717) is 40.1 Å². The predicted molar refractivity (Wildman–Crippen MR) is 126 cm³/mol. The Morgan fingerprint density at radius 3 is 2.68 bits per heavy atom. The van der Waals surface area contributed by atoms with Crippen LogP contribution in [0.4, 0.5) is 16.0 Å². The maximum Gasteiger partial charge on any atom is 0.225 e. The van der Waals surface area contributed by atoms with E-state index < -0.39 is 0 Å². The average Bonchev–Trinajstić information content (AvgIpc) is 3.58. The minimum absolute atomic E-state index is 0.230. The third-order valence-electron chi connectivity index (χ3n) is 6.09. The predicted octanol–water partition coefficient (Wildman–Crippen LogP) is 2.93. The molecular weight excluding hydrogens is 461 g/mol. The van der Waals surface area contributed by atoms with Crippen molar-refractivity contribution in [2.24, 2.45) is 0 Å². The van der Waals surface area contributed by atoms with Gasteiger partial charge in [-0.3, -0.25) is 4.90 Å². The van der Waals surface area contributed by atoms with E-state index in [2.05, 4.69) is 25.1 Å². The molecule has 0 unspecified atom stereocenters. The van der Waals surface area contributed by atoms with Crippen molar-refractivity contribution in [1.82, 2.24) is 34.3 Å². The largest absolute Gasteiger partial charge is 0.461 e. The third kappa shape index (κ3) is 3.62. The molecule has 0 amide bonds. The first-order valence-electron chi connectivity index (χ1n) is 10.9. The van der Waals surface area contributed by atoms with Crippen LogP contribution in [0.3, 0.4) is 0 Å². The number of benzene rings is 1. The molecule has 5 aromatic rings. The third-order valence-corrected chi connectivity index (χ3v) is 6.32. The van der Waals surface area contributed by atoms with Gasteiger partial charge in [-0.15, -0.1) is 5.10 Å². The summed E-state index contributed by atoms with van der Waals surface area (Å²) in [6.07, 6.45) is 3.31. The molecule has 12 heteroatoms. The monoisotopic (exact) mass is 481 g/mol. The van der Waals surface area contributed by atoms with Crippen molar-refractivity contribution >= 4 is 39.9 Å². The van der Waals surface area contributed by atoms with Gasteiger partial charge in [-0.2, -0.15) is 14.6 Å². The van der Waals surface area contributed by atoms with E-state index in [-0.39, 0.29) is 11.8 Å². The molecule has 0 spiro atoms. The second-order valence-electron chi connectivity index (χ2n) is 8.15. The molecule has 5 heterocycles. The molecule has 174 valence electrons. The average molecular weight is 482 g/mol. The Labute approximate surface area is 198 Å². The summed E-state index contributed by atoms with van der Waals surface area (Å²) in [5.74, 6) is 0.936. The summed E-state index contributed by atoms with van der Waals surface area (Å²) in [6, 6.07) is 8.39. The SMILES string of the molecule is Nc1nc2c(cnn2CCN2CCN(c3ccc(Cl)cc3F)CC2)c2nc(-c3ccco3)nn12. The summed E-state index contributed by atoms with van der Waals surface area (Å²) in [5.41, 5.74) is 8.00. The molecule has 1 aromatic carbocycles. The number of piperazine rings is 1. The van der Waals surface area contributed by atoms with Gasteiger partial charge in [0.2, 0.25) is 11.8 Å². The molecule has 4 aromatic heterocycles. The van der Waals surface area contributed by atoms with Crippen LogP contribution >= 0.6 is 11.6 Å². The zero-order chi connectivity index (χ0) is 23.2. The normalized spacial score (nSPS) is 15.1. The van der Waals surface area contributed by atoms with Crippen LogP contribution in [0.25, 0.3) is 28.3 Å². The molecule has 1 fully saturated rings. The van der Waals surface area contributed by atoms with E-state index in [0.717, 1.165) is 38.1 Å². The molecule has 1 saturated heterocycles. The molecule has 0 saturated carbocycles. The van der Waals surface area contributed by atoms with Gasteiger partial charge in [0, 0.05) is 37.7 Å². The zero-order valence-corrected chi connectivity index (χ0v) is 18.9. The summed E-state index contributed by atoms with van der Waals surface area (Å²) < 4.78 is 23.0. The Hall–Kier alpha value is -3.70. The topological polar surface area (TPSA) is 107 Å². The first-order valence-corrected chi connectivity index (χ1v) is 11.3. The van der Waals surface area contributed by atoms with Gasteiger partial charge in [0.1, 0.15) is 5.82 Å². The number of aromatic nitrogens is 6. The maximum absolute atomic E-state index is 14.3. The number of furan rings is 1. The van der Waals surface area contributed by atoms with Crippen molar-refractivity contribution in [1.29, 1.82) is 0 Å². The second-order valence-corrected chi connectivity index (χ2v) is 8.58. The lowest BCUT2D eigenvalue weighted by Crippen LogP contribution is -2.47. The van der Waals surface area contributed by atoms with E-state index >= 15 is 0 Å². The van der Waals surface area contributed by atoms with Crippen molar-refractivity contribution in [2.45, 2.75) is 6.54 Å². The van der Waals surface area contributed by atoms with Crippen molar-refractivity contribution < 1.29 is 8.81 Å². The van der Waals surface area contributed by atoms with Crippen molar-refractivity contribution in [3.8, 4) is 11.6 Å². The molecule has 10 nitrogen and oxygen atoms in total. The Morgan fingerprint density at radius 2 is 1.91 bits per heavy atom. The van der Waals surface area contributed by atoms with Gasteiger partial charge in [0.25, 0.3) is 0 Å². The number of rotatable bonds is 5. The lowest BCUT2D eigenvalue weighted by molar-refractivity contribution is 0.245. The fraction of sp³-hybridized carbons (Fsp3) is 0.273. The van der Waals surface area contributed by atoms with Crippen LogP contribution in [0.15, 0.2) is 47.2 Å². The number of hydrogen-bond donors (Lipinski definition) is 1. The van der Waals surface area contributed by atoms with E-state index in [1.165, 1.54) is 10.6 Å². The van der Waals surface area contributed by atoms with E-state index in [1.807, 2.05) is 9.58 Å². The molecular formula is C22H21ClFN9O. The molecule has 0 bridgehead atoms. The first-order chi connectivity index (χ1) is 16.6. The highest BCUT2D eigenvalue weighted by molar-refractivity contribution is 6.30. The molecule has 2 N–H and O–H groups in total. The number of hydrogen-bond acceptors (Lipinski definition) is 8. The smallest absolute Gasteiger partial charge is 0.225 e. The summed E-state index contributed by atoms with van der Waals surface area (Å²) in [7, 11) is 0. The summed E-state index contributed by atoms with van der Waals surface area (Å²) in [5, 5.41) is 10.1. The highest BCUT2D eigenvalue weighted by Crippen LogP contribution is 2.25. The van der Waals surface area contributed by atoms with Crippen LogP contribution < -0.4 is 10.6 Å². The number of halogens is 2. The van der Waals surface area contributed by atoms with Gasteiger partial charge in [-0.05, 0) is 30.3 Å². The highest BCUT2D eigenvalue weighted by Gasteiger charge is 2.21. The van der Waals surface area contributed by atoms with E-state index in [9.17, 15) is 4.39 Å². The van der Waals surface area contributed by atoms with Crippen LogP contribution in [0.2, 0.25) is 5.02 Å². The maximum atomic E-state index is 14.3. The number of nitrogen functional groups attached to an aromatic ring is 1. The van der Waals surface area contributed by atoms with Crippen LogP contribution in [-0.2, 0) is 6.54 Å². The van der Waals surface area contributed by atoms with Gasteiger partial charge in [-0.1, -0.05) is 11.6 Å². The Kier molecular flexibility index (Phi) is 5.07. The molecule has 34 heavy (non-hydrogen) atoms. The van der Waals surface area contributed by atoms with Crippen molar-refractivity contribution in [3.63, 3.8) is 0 Å². The molecule has 0 atom stereocenters. The van der Waals surface area contributed by atoms with Gasteiger partial charge in [-0.25, -0.2) is 14.1 Å². The first kappa shape index (κ1) is 20.9. The van der Waals surface area contributed by atoms with Crippen LogP contribution in [0, 0.1) is 5.82 Å². The Morgan fingerprint density at radius 1 is 1.06 bits per heavy atom.